The first-order valence-electron chi connectivity index (χ1n) is 8.28. The monoisotopic (exact) mass is 320 g/mol. The Kier molecular flexibility index (Phi) is 4.95. The van der Waals surface area contributed by atoms with Crippen LogP contribution in [0.4, 0.5) is 0 Å². The lowest BCUT2D eigenvalue weighted by molar-refractivity contribution is -0.142. The van der Waals surface area contributed by atoms with Gasteiger partial charge in [-0.2, -0.15) is 5.10 Å². The van der Waals surface area contributed by atoms with E-state index < -0.39 is 0 Å². The molecular weight excluding hydrogens is 296 g/mol. The zero-order chi connectivity index (χ0) is 16.2. The summed E-state index contributed by atoms with van der Waals surface area (Å²) >= 11 is 0. The fourth-order valence-electron chi connectivity index (χ4n) is 2.86. The van der Waals surface area contributed by atoms with Gasteiger partial charge in [-0.1, -0.05) is 0 Å². The highest BCUT2D eigenvalue weighted by Crippen LogP contribution is 2.19. The minimum atomic E-state index is -0.213. The van der Waals surface area contributed by atoms with Gasteiger partial charge in [0.2, 0.25) is 5.91 Å². The van der Waals surface area contributed by atoms with E-state index in [1.807, 2.05) is 4.68 Å². The lowest BCUT2D eigenvalue weighted by atomic mass is 10.2. The third-order valence-electron chi connectivity index (χ3n) is 4.27. The zero-order valence-corrected chi connectivity index (χ0v) is 13.6. The van der Waals surface area contributed by atoms with Crippen LogP contribution >= 0.6 is 0 Å². The van der Waals surface area contributed by atoms with Gasteiger partial charge in [0.05, 0.1) is 25.0 Å². The predicted molar refractivity (Wildman–Crippen MR) is 83.6 cm³/mol. The van der Waals surface area contributed by atoms with Crippen LogP contribution in [-0.4, -0.2) is 52.8 Å². The Bertz CT molecular complexity index is 580. The van der Waals surface area contributed by atoms with E-state index in [1.165, 1.54) is 7.11 Å². The molecule has 0 aromatic carbocycles. The number of nitrogens with zero attached hydrogens (tertiary/aromatic N) is 3. The summed E-state index contributed by atoms with van der Waals surface area (Å²) in [7, 11) is 1.41. The number of rotatable bonds is 6. The second-order valence-corrected chi connectivity index (χ2v) is 6.33. The van der Waals surface area contributed by atoms with Gasteiger partial charge in [0.1, 0.15) is 0 Å². The van der Waals surface area contributed by atoms with Crippen LogP contribution < -0.4 is 5.32 Å². The molecule has 2 aliphatic rings. The molecule has 1 saturated carbocycles. The molecule has 0 bridgehead atoms. The average molecular weight is 320 g/mol. The lowest BCUT2D eigenvalue weighted by Gasteiger charge is -2.17. The quantitative estimate of drug-likeness (QED) is 0.771. The maximum atomic E-state index is 11.8. The molecule has 1 aliphatic carbocycles. The van der Waals surface area contributed by atoms with Crippen molar-refractivity contribution >= 4 is 11.9 Å². The Morgan fingerprint density at radius 1 is 1.39 bits per heavy atom. The van der Waals surface area contributed by atoms with E-state index in [0.717, 1.165) is 43.7 Å². The largest absolute Gasteiger partial charge is 0.468 e. The highest BCUT2D eigenvalue weighted by atomic mass is 16.5. The first kappa shape index (κ1) is 16.0. The number of aryl methyl sites for hydroxylation is 2. The Morgan fingerprint density at radius 3 is 2.96 bits per heavy atom. The van der Waals surface area contributed by atoms with E-state index in [-0.39, 0.29) is 11.9 Å². The van der Waals surface area contributed by atoms with Gasteiger partial charge in [-0.25, -0.2) is 0 Å². The van der Waals surface area contributed by atoms with Crippen LogP contribution in [0.5, 0.6) is 0 Å². The summed E-state index contributed by atoms with van der Waals surface area (Å²) in [6, 6.07) is 2.47. The van der Waals surface area contributed by atoms with Crippen molar-refractivity contribution in [1.29, 1.82) is 0 Å². The maximum absolute atomic E-state index is 11.8. The molecule has 126 valence electrons. The first-order chi connectivity index (χ1) is 11.1. The molecule has 1 fully saturated rings. The van der Waals surface area contributed by atoms with Gasteiger partial charge < -0.3 is 10.1 Å². The minimum Gasteiger partial charge on any atom is -0.468 e. The van der Waals surface area contributed by atoms with Crippen LogP contribution in [0.2, 0.25) is 0 Å². The molecule has 2 heterocycles. The van der Waals surface area contributed by atoms with Crippen molar-refractivity contribution in [2.75, 3.05) is 20.2 Å². The van der Waals surface area contributed by atoms with Crippen molar-refractivity contribution in [3.05, 3.63) is 17.5 Å². The average Bonchev–Trinajstić information content (AvgIpc) is 3.29. The standard InChI is InChI=1S/C16H24N4O3/c1-23-16(22)11-19-7-2-8-20-14(10-19)9-13(18-20)5-6-15(21)17-12-3-4-12/h9,12H,2-8,10-11H2,1H3,(H,17,21). The molecule has 3 rings (SSSR count). The number of fused-ring (bicyclic) bond motifs is 1. The zero-order valence-electron chi connectivity index (χ0n) is 13.6. The number of ether oxygens (including phenoxy) is 1. The number of hydrogen-bond donors (Lipinski definition) is 1. The summed E-state index contributed by atoms with van der Waals surface area (Å²) in [6.07, 6.45) is 4.32. The molecule has 1 amide bonds. The van der Waals surface area contributed by atoms with Gasteiger partial charge in [0.25, 0.3) is 0 Å². The molecule has 0 saturated heterocycles. The second kappa shape index (κ2) is 7.12. The molecule has 1 N–H and O–H groups in total. The van der Waals surface area contributed by atoms with Crippen LogP contribution in [0.15, 0.2) is 6.07 Å². The van der Waals surface area contributed by atoms with Crippen molar-refractivity contribution in [3.8, 4) is 0 Å². The fourth-order valence-corrected chi connectivity index (χ4v) is 2.86. The molecule has 0 unspecified atom stereocenters. The highest BCUT2D eigenvalue weighted by molar-refractivity contribution is 5.76. The van der Waals surface area contributed by atoms with Gasteiger partial charge in [0.15, 0.2) is 0 Å². The molecule has 7 nitrogen and oxygen atoms in total. The van der Waals surface area contributed by atoms with Gasteiger partial charge >= 0.3 is 5.97 Å². The van der Waals surface area contributed by atoms with Gasteiger partial charge in [-0.05, 0) is 25.3 Å². The number of aromatic nitrogens is 2. The van der Waals surface area contributed by atoms with Crippen molar-refractivity contribution < 1.29 is 14.3 Å². The molecule has 0 spiro atoms. The fraction of sp³-hybridized carbons (Fsp3) is 0.688. The number of amides is 1. The summed E-state index contributed by atoms with van der Waals surface area (Å²) < 4.78 is 6.75. The summed E-state index contributed by atoms with van der Waals surface area (Å²) in [5, 5.41) is 7.60. The lowest BCUT2D eigenvalue weighted by Crippen LogP contribution is -2.30. The number of hydrogen-bond acceptors (Lipinski definition) is 5. The molecule has 23 heavy (non-hydrogen) atoms. The number of carbonyl (C=O) groups is 2. The molecule has 0 atom stereocenters. The molecule has 0 radical (unpaired) electrons. The maximum Gasteiger partial charge on any atom is 0.319 e. The summed E-state index contributed by atoms with van der Waals surface area (Å²) in [5.41, 5.74) is 2.05. The van der Waals surface area contributed by atoms with Gasteiger partial charge in [0, 0.05) is 38.5 Å². The number of nitrogens with one attached hydrogen (secondary N) is 1. The SMILES string of the molecule is COC(=O)CN1CCCn2nc(CCC(=O)NC3CC3)cc2C1. The van der Waals surface area contributed by atoms with Crippen LogP contribution in [0.3, 0.4) is 0 Å². The predicted octanol–water partition coefficient (Wildman–Crippen LogP) is 0.473. The van der Waals surface area contributed by atoms with E-state index in [4.69, 9.17) is 4.74 Å². The normalized spacial score (nSPS) is 18.1. The summed E-state index contributed by atoms with van der Waals surface area (Å²) in [4.78, 5) is 25.3. The van der Waals surface area contributed by atoms with E-state index in [1.54, 1.807) is 0 Å². The third kappa shape index (κ3) is 4.54. The number of esters is 1. The smallest absolute Gasteiger partial charge is 0.319 e. The topological polar surface area (TPSA) is 76.5 Å². The van der Waals surface area contributed by atoms with Crippen LogP contribution in [0, 0.1) is 0 Å². The Morgan fingerprint density at radius 2 is 2.22 bits per heavy atom. The van der Waals surface area contributed by atoms with Crippen molar-refractivity contribution in [3.63, 3.8) is 0 Å². The van der Waals surface area contributed by atoms with Crippen molar-refractivity contribution in [2.24, 2.45) is 0 Å². The van der Waals surface area contributed by atoms with Gasteiger partial charge in [-0.15, -0.1) is 0 Å². The van der Waals surface area contributed by atoms with Crippen molar-refractivity contribution in [2.45, 2.75) is 51.2 Å². The van der Waals surface area contributed by atoms with Crippen LogP contribution in [-0.2, 0) is 33.8 Å². The van der Waals surface area contributed by atoms with Gasteiger partial charge in [-0.3, -0.25) is 19.2 Å². The van der Waals surface area contributed by atoms with Crippen molar-refractivity contribution in [1.82, 2.24) is 20.0 Å². The molecule has 1 aromatic heterocycles. The summed E-state index contributed by atoms with van der Waals surface area (Å²) in [5.74, 6) is -0.0991. The van der Waals surface area contributed by atoms with Crippen LogP contribution in [0.1, 0.15) is 37.1 Å². The van der Waals surface area contributed by atoms with E-state index in [0.29, 0.717) is 32.0 Å². The number of carbonyl (C=O) groups excluding carboxylic acids is 2. The molecular formula is C16H24N4O3. The first-order valence-corrected chi connectivity index (χ1v) is 8.28. The Labute approximate surface area is 136 Å². The van der Waals surface area contributed by atoms with E-state index in [9.17, 15) is 9.59 Å². The number of methoxy groups -OCH3 is 1. The molecule has 1 aliphatic heterocycles. The summed E-state index contributed by atoms with van der Waals surface area (Å²) in [6.45, 7) is 2.70. The Hall–Kier alpha value is -1.89. The third-order valence-corrected chi connectivity index (χ3v) is 4.27. The van der Waals surface area contributed by atoms with E-state index >= 15 is 0 Å². The minimum absolute atomic E-state index is 0.114. The second-order valence-electron chi connectivity index (χ2n) is 6.33. The highest BCUT2D eigenvalue weighted by Gasteiger charge is 2.23. The molecule has 7 heteroatoms. The Balaban J connectivity index is 1.55. The van der Waals surface area contributed by atoms with Crippen LogP contribution in [0.25, 0.3) is 0 Å². The molecule has 1 aromatic rings. The van der Waals surface area contributed by atoms with E-state index in [2.05, 4.69) is 21.4 Å².